The monoisotopic (exact) mass is 421 g/mol. The third-order valence-corrected chi connectivity index (χ3v) is 5.10. The van der Waals surface area contributed by atoms with Crippen LogP contribution in [-0.4, -0.2) is 25.9 Å². The van der Waals surface area contributed by atoms with Gasteiger partial charge in [-0.15, -0.1) is 0 Å². The van der Waals surface area contributed by atoms with Crippen LogP contribution in [0.25, 0.3) is 17.2 Å². The second-order valence-corrected chi connectivity index (χ2v) is 7.06. The van der Waals surface area contributed by atoms with E-state index in [2.05, 4.69) is 34.3 Å². The zero-order chi connectivity index (χ0) is 21.6. The van der Waals surface area contributed by atoms with Gasteiger partial charge in [0.15, 0.2) is 0 Å². The number of alkyl halides is 2. The van der Waals surface area contributed by atoms with E-state index in [1.165, 1.54) is 23.3 Å². The highest BCUT2D eigenvalue weighted by atomic mass is 19.3. The molecule has 0 bridgehead atoms. The molecule has 0 fully saturated rings. The Kier molecular flexibility index (Phi) is 6.26. The Morgan fingerprint density at radius 2 is 1.65 bits per heavy atom. The van der Waals surface area contributed by atoms with Gasteiger partial charge in [0.25, 0.3) is 0 Å². The summed E-state index contributed by atoms with van der Waals surface area (Å²) < 4.78 is 34.4. The zero-order valence-electron chi connectivity index (χ0n) is 16.6. The van der Waals surface area contributed by atoms with Crippen molar-refractivity contribution in [3.8, 4) is 16.9 Å². The summed E-state index contributed by atoms with van der Waals surface area (Å²) >= 11 is 0. The van der Waals surface area contributed by atoms with E-state index in [0.717, 1.165) is 11.1 Å². The summed E-state index contributed by atoms with van der Waals surface area (Å²) in [6, 6.07) is 22.6. The van der Waals surface area contributed by atoms with Gasteiger partial charge in [-0.1, -0.05) is 72.8 Å². The zero-order valence-corrected chi connectivity index (χ0v) is 16.6. The van der Waals surface area contributed by atoms with E-state index in [0.29, 0.717) is 5.56 Å². The summed E-state index contributed by atoms with van der Waals surface area (Å²) in [5, 5.41) is 2.67. The average Bonchev–Trinajstić information content (AvgIpc) is 3.09. The lowest BCUT2D eigenvalue weighted by Crippen LogP contribution is -2.26. The van der Waals surface area contributed by atoms with Gasteiger partial charge in [0.05, 0.1) is 0 Å². The molecule has 1 aliphatic rings. The first kappa shape index (κ1) is 20.6. The molecule has 0 atom stereocenters. The molecular formula is C25H21F2NO3. The molecule has 0 radical (unpaired) electrons. The van der Waals surface area contributed by atoms with Crippen molar-refractivity contribution in [1.29, 1.82) is 0 Å². The summed E-state index contributed by atoms with van der Waals surface area (Å²) in [5.41, 5.74) is 5.35. The predicted molar refractivity (Wildman–Crippen MR) is 115 cm³/mol. The molecule has 0 aromatic heterocycles. The third kappa shape index (κ3) is 4.91. The first-order valence-corrected chi connectivity index (χ1v) is 9.92. The minimum Gasteiger partial charge on any atom is -0.449 e. The van der Waals surface area contributed by atoms with E-state index in [4.69, 9.17) is 4.74 Å². The highest BCUT2D eigenvalue weighted by Crippen LogP contribution is 2.44. The minimum absolute atomic E-state index is 0.00580. The molecule has 0 unspecified atom stereocenters. The topological polar surface area (TPSA) is 47.6 Å². The molecule has 1 N–H and O–H groups in total. The van der Waals surface area contributed by atoms with Gasteiger partial charge in [-0.25, -0.2) is 4.79 Å². The van der Waals surface area contributed by atoms with E-state index in [1.54, 1.807) is 24.3 Å². The lowest BCUT2D eigenvalue weighted by Gasteiger charge is -2.14. The lowest BCUT2D eigenvalue weighted by molar-refractivity contribution is -0.0498. The van der Waals surface area contributed by atoms with E-state index >= 15 is 0 Å². The number of nitrogens with one attached hydrogen (secondary N) is 1. The molecule has 0 aliphatic heterocycles. The molecule has 0 spiro atoms. The van der Waals surface area contributed by atoms with Crippen LogP contribution in [0.5, 0.6) is 5.75 Å². The molecule has 31 heavy (non-hydrogen) atoms. The van der Waals surface area contributed by atoms with Crippen molar-refractivity contribution < 1.29 is 23.0 Å². The fourth-order valence-corrected chi connectivity index (χ4v) is 3.78. The maximum Gasteiger partial charge on any atom is 0.407 e. The fourth-order valence-electron chi connectivity index (χ4n) is 3.78. The van der Waals surface area contributed by atoms with Crippen LogP contribution in [0.1, 0.15) is 22.6 Å². The van der Waals surface area contributed by atoms with Crippen molar-refractivity contribution >= 4 is 12.2 Å². The number of carbonyl (C=O) groups is 1. The number of alkyl carbamates (subject to hydrolysis) is 1. The van der Waals surface area contributed by atoms with Crippen molar-refractivity contribution in [1.82, 2.24) is 5.32 Å². The second kappa shape index (κ2) is 9.43. The lowest BCUT2D eigenvalue weighted by atomic mass is 9.98. The molecule has 6 heteroatoms. The van der Waals surface area contributed by atoms with Gasteiger partial charge in [-0.2, -0.15) is 8.78 Å². The number of halogens is 2. The van der Waals surface area contributed by atoms with Gasteiger partial charge in [-0.05, 0) is 39.9 Å². The number of ether oxygens (including phenoxy) is 2. The van der Waals surface area contributed by atoms with Crippen LogP contribution < -0.4 is 10.1 Å². The molecule has 158 valence electrons. The predicted octanol–water partition coefficient (Wildman–Crippen LogP) is 5.84. The van der Waals surface area contributed by atoms with E-state index < -0.39 is 12.7 Å². The summed E-state index contributed by atoms with van der Waals surface area (Å²) in [6.07, 6.45) is 2.91. The number of hydrogen-bond donors (Lipinski definition) is 1. The molecule has 3 aromatic carbocycles. The Hall–Kier alpha value is -3.67. The smallest absolute Gasteiger partial charge is 0.407 e. The van der Waals surface area contributed by atoms with Gasteiger partial charge in [0.1, 0.15) is 12.4 Å². The molecule has 0 heterocycles. The maximum absolute atomic E-state index is 12.3. The van der Waals surface area contributed by atoms with Crippen LogP contribution in [0.3, 0.4) is 0 Å². The minimum atomic E-state index is -2.87. The molecule has 3 aromatic rings. The highest BCUT2D eigenvalue weighted by molar-refractivity contribution is 5.79. The van der Waals surface area contributed by atoms with Crippen LogP contribution in [0.15, 0.2) is 78.9 Å². The average molecular weight is 421 g/mol. The summed E-state index contributed by atoms with van der Waals surface area (Å²) in [4.78, 5) is 12.1. The van der Waals surface area contributed by atoms with Gasteiger partial charge in [0.2, 0.25) is 0 Å². The molecule has 0 saturated heterocycles. The van der Waals surface area contributed by atoms with Crippen LogP contribution in [0.2, 0.25) is 0 Å². The van der Waals surface area contributed by atoms with Crippen LogP contribution >= 0.6 is 0 Å². The molecule has 0 saturated carbocycles. The Balaban J connectivity index is 1.30. The van der Waals surface area contributed by atoms with Crippen molar-refractivity contribution in [3.05, 3.63) is 95.6 Å². The van der Waals surface area contributed by atoms with Crippen molar-refractivity contribution in [2.75, 3.05) is 13.2 Å². The first-order chi connectivity index (χ1) is 15.1. The number of fused-ring (bicyclic) bond motifs is 3. The Bertz CT molecular complexity index is 1050. The summed E-state index contributed by atoms with van der Waals surface area (Å²) in [5.74, 6) is 0.0907. The van der Waals surface area contributed by atoms with Crippen LogP contribution in [0, 0.1) is 0 Å². The quantitative estimate of drug-likeness (QED) is 0.521. The molecule has 4 nitrogen and oxygen atoms in total. The van der Waals surface area contributed by atoms with E-state index in [-0.39, 0.29) is 24.8 Å². The number of amides is 1. The number of benzene rings is 3. The molecule has 1 amide bonds. The Morgan fingerprint density at radius 1 is 0.968 bits per heavy atom. The van der Waals surface area contributed by atoms with E-state index in [1.807, 2.05) is 24.3 Å². The van der Waals surface area contributed by atoms with Gasteiger partial charge in [0, 0.05) is 12.5 Å². The van der Waals surface area contributed by atoms with Crippen molar-refractivity contribution in [3.63, 3.8) is 0 Å². The van der Waals surface area contributed by atoms with Gasteiger partial charge in [-0.3, -0.25) is 0 Å². The fraction of sp³-hybridized carbons (Fsp3) is 0.160. The SMILES string of the molecule is O=C(NCC=Cc1cccc(OC(F)F)c1)OCC1c2ccccc2-c2ccccc21. The van der Waals surface area contributed by atoms with Crippen LogP contribution in [0.4, 0.5) is 13.6 Å². The van der Waals surface area contributed by atoms with Crippen molar-refractivity contribution in [2.45, 2.75) is 12.5 Å². The normalized spacial score (nSPS) is 12.6. The Morgan fingerprint density at radius 3 is 2.32 bits per heavy atom. The first-order valence-electron chi connectivity index (χ1n) is 9.92. The molecule has 4 rings (SSSR count). The van der Waals surface area contributed by atoms with Crippen molar-refractivity contribution in [2.24, 2.45) is 0 Å². The molecule has 1 aliphatic carbocycles. The summed E-state index contributed by atoms with van der Waals surface area (Å²) in [7, 11) is 0. The standard InChI is InChI=1S/C25H21F2NO3/c26-24(27)31-18-9-5-7-17(15-18)8-6-14-28-25(29)30-16-23-21-12-3-1-10-19(21)20-11-2-4-13-22(20)23/h1-13,15,23-24H,14,16H2,(H,28,29). The number of rotatable bonds is 7. The second-order valence-electron chi connectivity index (χ2n) is 7.06. The summed E-state index contributed by atoms with van der Waals surface area (Å²) in [6.45, 7) is -2.37. The highest BCUT2D eigenvalue weighted by Gasteiger charge is 2.28. The largest absolute Gasteiger partial charge is 0.449 e. The Labute approximate surface area is 179 Å². The van der Waals surface area contributed by atoms with Gasteiger partial charge < -0.3 is 14.8 Å². The molecular weight excluding hydrogens is 400 g/mol. The third-order valence-electron chi connectivity index (χ3n) is 5.10. The maximum atomic E-state index is 12.3. The van der Waals surface area contributed by atoms with Crippen LogP contribution in [-0.2, 0) is 4.74 Å². The van der Waals surface area contributed by atoms with Gasteiger partial charge >= 0.3 is 12.7 Å². The number of carbonyl (C=O) groups excluding carboxylic acids is 1. The number of hydrogen-bond acceptors (Lipinski definition) is 3. The van der Waals surface area contributed by atoms with E-state index in [9.17, 15) is 13.6 Å².